The lowest BCUT2D eigenvalue weighted by molar-refractivity contribution is 0.0194. The number of ether oxygens (including phenoxy) is 1. The largest absolute Gasteiger partial charge is 0.378 e. The van der Waals surface area contributed by atoms with E-state index in [9.17, 15) is 0 Å². The van der Waals surface area contributed by atoms with Crippen LogP contribution in [0.5, 0.6) is 0 Å². The summed E-state index contributed by atoms with van der Waals surface area (Å²) in [6.45, 7) is 3.14. The Morgan fingerprint density at radius 2 is 2.07 bits per heavy atom. The second-order valence-electron chi connectivity index (χ2n) is 3.92. The van der Waals surface area contributed by atoms with Gasteiger partial charge in [-0.05, 0) is 24.8 Å². The Morgan fingerprint density at radius 3 is 2.71 bits per heavy atom. The average Bonchev–Trinajstić information content (AvgIpc) is 2.30. The van der Waals surface area contributed by atoms with Crippen molar-refractivity contribution in [3.05, 3.63) is 42.3 Å². The molecule has 1 nitrogen and oxygen atoms in total. The van der Waals surface area contributed by atoms with Crippen molar-refractivity contribution in [2.45, 2.75) is 31.8 Å². The van der Waals surface area contributed by atoms with Crippen molar-refractivity contribution in [3.8, 4) is 0 Å². The molecule has 0 saturated carbocycles. The summed E-state index contributed by atoms with van der Waals surface area (Å²) in [5.74, 6) is 0.507. The Kier molecular flexibility index (Phi) is 3.20. The van der Waals surface area contributed by atoms with Crippen LogP contribution >= 0.6 is 0 Å². The summed E-state index contributed by atoms with van der Waals surface area (Å²) in [6, 6.07) is 10.6. The molecule has 1 aliphatic heterocycles. The summed E-state index contributed by atoms with van der Waals surface area (Å²) < 4.78 is 5.76. The molecule has 1 heterocycles. The Bertz CT molecular complexity index is 262. The third-order valence-corrected chi connectivity index (χ3v) is 2.94. The molecule has 2 unspecified atom stereocenters. The maximum absolute atomic E-state index is 5.76. The first-order chi connectivity index (χ1) is 6.88. The zero-order valence-electron chi connectivity index (χ0n) is 8.65. The van der Waals surface area contributed by atoms with E-state index in [1.165, 1.54) is 5.56 Å². The van der Waals surface area contributed by atoms with E-state index < -0.39 is 0 Å². The molecule has 1 aromatic rings. The zero-order chi connectivity index (χ0) is 9.80. The van der Waals surface area contributed by atoms with Gasteiger partial charge in [0.25, 0.3) is 0 Å². The summed E-state index contributed by atoms with van der Waals surface area (Å²) in [5, 5.41) is 0. The van der Waals surface area contributed by atoms with Gasteiger partial charge in [0.05, 0.1) is 6.10 Å². The van der Waals surface area contributed by atoms with Crippen LogP contribution in [-0.4, -0.2) is 12.7 Å². The van der Waals surface area contributed by atoms with Crippen LogP contribution in [0, 0.1) is 6.42 Å². The second kappa shape index (κ2) is 4.61. The van der Waals surface area contributed by atoms with Crippen LogP contribution in [0.2, 0.25) is 0 Å². The number of benzene rings is 1. The molecule has 1 aliphatic rings. The van der Waals surface area contributed by atoms with Gasteiger partial charge in [0, 0.05) is 12.5 Å². The molecule has 0 aliphatic carbocycles. The fourth-order valence-electron chi connectivity index (χ4n) is 1.97. The van der Waals surface area contributed by atoms with Crippen molar-refractivity contribution in [2.24, 2.45) is 0 Å². The highest BCUT2D eigenvalue weighted by atomic mass is 16.5. The smallest absolute Gasteiger partial charge is 0.0643 e. The van der Waals surface area contributed by atoms with E-state index in [-0.39, 0.29) is 0 Å². The Morgan fingerprint density at radius 1 is 1.29 bits per heavy atom. The second-order valence-corrected chi connectivity index (χ2v) is 3.92. The molecule has 75 valence electrons. The van der Waals surface area contributed by atoms with Gasteiger partial charge in [-0.15, -0.1) is 0 Å². The lowest BCUT2D eigenvalue weighted by Crippen LogP contribution is -2.25. The van der Waals surface area contributed by atoms with E-state index in [0.29, 0.717) is 12.0 Å². The fraction of sp³-hybridized carbons (Fsp3) is 0.462. The highest BCUT2D eigenvalue weighted by molar-refractivity contribution is 5.20. The van der Waals surface area contributed by atoms with E-state index in [1.807, 2.05) is 0 Å². The van der Waals surface area contributed by atoms with Crippen LogP contribution < -0.4 is 0 Å². The highest BCUT2D eigenvalue weighted by Gasteiger charge is 2.21. The minimum atomic E-state index is 0.381. The normalized spacial score (nSPS) is 24.5. The number of hydrogen-bond donors (Lipinski definition) is 0. The fourth-order valence-corrected chi connectivity index (χ4v) is 1.97. The first-order valence-electron chi connectivity index (χ1n) is 5.36. The van der Waals surface area contributed by atoms with Gasteiger partial charge in [0.15, 0.2) is 0 Å². The molecule has 1 radical (unpaired) electrons. The molecule has 0 amide bonds. The molecule has 0 spiro atoms. The SMILES string of the molecule is CC(c1ccccc1)C1C[CH]CCO1. The molecular weight excluding hydrogens is 172 g/mol. The van der Waals surface area contributed by atoms with Gasteiger partial charge in [-0.1, -0.05) is 37.3 Å². The van der Waals surface area contributed by atoms with Gasteiger partial charge in [0.2, 0.25) is 0 Å². The molecule has 0 bridgehead atoms. The van der Waals surface area contributed by atoms with Gasteiger partial charge in [-0.3, -0.25) is 0 Å². The van der Waals surface area contributed by atoms with Crippen LogP contribution in [0.4, 0.5) is 0 Å². The van der Waals surface area contributed by atoms with Crippen molar-refractivity contribution < 1.29 is 4.74 Å². The van der Waals surface area contributed by atoms with E-state index in [2.05, 4.69) is 43.7 Å². The van der Waals surface area contributed by atoms with Crippen LogP contribution in [0.25, 0.3) is 0 Å². The van der Waals surface area contributed by atoms with Crippen molar-refractivity contribution in [1.82, 2.24) is 0 Å². The van der Waals surface area contributed by atoms with Gasteiger partial charge in [-0.2, -0.15) is 0 Å². The summed E-state index contributed by atoms with van der Waals surface area (Å²) in [4.78, 5) is 0. The monoisotopic (exact) mass is 189 g/mol. The maximum atomic E-state index is 5.76. The van der Waals surface area contributed by atoms with E-state index in [0.717, 1.165) is 19.4 Å². The Balaban J connectivity index is 2.03. The van der Waals surface area contributed by atoms with E-state index >= 15 is 0 Å². The third kappa shape index (κ3) is 2.16. The van der Waals surface area contributed by atoms with Crippen molar-refractivity contribution in [3.63, 3.8) is 0 Å². The highest BCUT2D eigenvalue weighted by Crippen LogP contribution is 2.27. The van der Waals surface area contributed by atoms with Gasteiger partial charge < -0.3 is 4.74 Å². The molecule has 1 saturated heterocycles. The minimum Gasteiger partial charge on any atom is -0.378 e. The summed E-state index contributed by atoms with van der Waals surface area (Å²) in [6.07, 6.45) is 4.92. The third-order valence-electron chi connectivity index (χ3n) is 2.94. The molecule has 14 heavy (non-hydrogen) atoms. The zero-order valence-corrected chi connectivity index (χ0v) is 8.65. The summed E-state index contributed by atoms with van der Waals surface area (Å²) in [5.41, 5.74) is 1.38. The maximum Gasteiger partial charge on any atom is 0.0643 e. The molecule has 1 heteroatoms. The molecule has 0 N–H and O–H groups in total. The first-order valence-corrected chi connectivity index (χ1v) is 5.36. The number of rotatable bonds is 2. The van der Waals surface area contributed by atoms with E-state index in [4.69, 9.17) is 4.74 Å². The van der Waals surface area contributed by atoms with Crippen molar-refractivity contribution in [2.75, 3.05) is 6.61 Å². The number of hydrogen-bond acceptors (Lipinski definition) is 1. The predicted octanol–water partition coefficient (Wildman–Crippen LogP) is 3.17. The first kappa shape index (κ1) is 9.72. The predicted molar refractivity (Wildman–Crippen MR) is 58.1 cm³/mol. The van der Waals surface area contributed by atoms with Crippen LogP contribution in [0.1, 0.15) is 31.2 Å². The summed E-state index contributed by atoms with van der Waals surface area (Å²) >= 11 is 0. The lowest BCUT2D eigenvalue weighted by atomic mass is 9.91. The average molecular weight is 189 g/mol. The molecular formula is C13H17O. The van der Waals surface area contributed by atoms with Crippen molar-refractivity contribution in [1.29, 1.82) is 0 Å². The Hall–Kier alpha value is -0.820. The van der Waals surface area contributed by atoms with Crippen LogP contribution in [0.3, 0.4) is 0 Å². The van der Waals surface area contributed by atoms with Gasteiger partial charge in [0.1, 0.15) is 0 Å². The minimum absolute atomic E-state index is 0.381. The van der Waals surface area contributed by atoms with Crippen molar-refractivity contribution >= 4 is 0 Å². The topological polar surface area (TPSA) is 9.23 Å². The quantitative estimate of drug-likeness (QED) is 0.694. The van der Waals surface area contributed by atoms with Gasteiger partial charge >= 0.3 is 0 Å². The van der Waals surface area contributed by atoms with Gasteiger partial charge in [-0.25, -0.2) is 0 Å². The lowest BCUT2D eigenvalue weighted by Gasteiger charge is -2.28. The molecule has 1 aromatic carbocycles. The molecule has 2 rings (SSSR count). The Labute approximate surface area is 86.1 Å². The summed E-state index contributed by atoms with van der Waals surface area (Å²) in [7, 11) is 0. The molecule has 2 atom stereocenters. The standard InChI is InChI=1S/C13H17O/c1-11(12-7-3-2-4-8-12)13-9-5-6-10-14-13/h2-5,7-8,11,13H,6,9-10H2,1H3. The molecule has 0 aromatic heterocycles. The van der Waals surface area contributed by atoms with Crippen LogP contribution in [0.15, 0.2) is 30.3 Å². The molecule has 1 fully saturated rings. The van der Waals surface area contributed by atoms with Crippen LogP contribution in [-0.2, 0) is 4.74 Å². The van der Waals surface area contributed by atoms with E-state index in [1.54, 1.807) is 0 Å².